The lowest BCUT2D eigenvalue weighted by atomic mass is 9.98. The molecule has 2 rings (SSSR count). The van der Waals surface area contributed by atoms with Crippen LogP contribution in [0.5, 0.6) is 0 Å². The second-order valence-corrected chi connectivity index (χ2v) is 14.9. The zero-order chi connectivity index (χ0) is 43.1. The molecule has 2 heterocycles. The molecule has 2 fully saturated rings. The summed E-state index contributed by atoms with van der Waals surface area (Å²) in [5, 5.41) is 71.0. The number of unbranched alkanes of at least 4 members (excludes halogenated alkanes) is 7. The van der Waals surface area contributed by atoms with Crippen molar-refractivity contribution in [3.63, 3.8) is 0 Å². The van der Waals surface area contributed by atoms with E-state index in [1.165, 1.54) is 26.2 Å². The average Bonchev–Trinajstić information content (AvgIpc) is 3.22. The fourth-order valence-corrected chi connectivity index (χ4v) is 6.34. The van der Waals surface area contributed by atoms with E-state index in [1.54, 1.807) is 0 Å². The van der Waals surface area contributed by atoms with Crippen molar-refractivity contribution in [2.75, 3.05) is 33.0 Å². The maximum absolute atomic E-state index is 11.7. The van der Waals surface area contributed by atoms with Gasteiger partial charge in [-0.15, -0.1) is 0 Å². The molecule has 14 nitrogen and oxygen atoms in total. The predicted octanol–water partition coefficient (Wildman–Crippen LogP) is 4.39. The van der Waals surface area contributed by atoms with Gasteiger partial charge in [0.2, 0.25) is 0 Å². The first kappa shape index (κ1) is 52.6. The van der Waals surface area contributed by atoms with E-state index >= 15 is 0 Å². The van der Waals surface area contributed by atoms with E-state index in [9.17, 15) is 40.5 Å². The minimum Gasteiger partial charge on any atom is -0.458 e. The summed E-state index contributed by atoms with van der Waals surface area (Å²) in [5.74, 6) is -0.561. The molecule has 0 aromatic heterocycles. The fraction of sp³-hybridized carbons (Fsp3) is 0.711. The third-order valence-corrected chi connectivity index (χ3v) is 9.78. The number of allylic oxidation sites excluding steroid dienone is 12. The van der Waals surface area contributed by atoms with Gasteiger partial charge in [0, 0.05) is 13.5 Å². The topological polar surface area (TPSA) is 214 Å². The molecule has 0 bridgehead atoms. The van der Waals surface area contributed by atoms with Crippen LogP contribution >= 0.6 is 0 Å². The molecule has 11 atom stereocenters. The molecule has 2 saturated heterocycles. The van der Waals surface area contributed by atoms with E-state index in [4.69, 9.17) is 28.4 Å². The molecular weight excluding hydrogens is 764 g/mol. The van der Waals surface area contributed by atoms with Gasteiger partial charge < -0.3 is 64.2 Å². The molecule has 0 spiro atoms. The quantitative estimate of drug-likeness (QED) is 0.0293. The van der Waals surface area contributed by atoms with Gasteiger partial charge in [0.15, 0.2) is 12.6 Å². The van der Waals surface area contributed by atoms with Crippen LogP contribution in [0.25, 0.3) is 0 Å². The van der Waals surface area contributed by atoms with Crippen molar-refractivity contribution in [3.05, 3.63) is 72.9 Å². The van der Waals surface area contributed by atoms with Gasteiger partial charge in [-0.05, 0) is 57.8 Å². The lowest BCUT2D eigenvalue weighted by Gasteiger charge is -2.42. The Morgan fingerprint density at radius 2 is 1.02 bits per heavy atom. The molecule has 7 N–H and O–H groups in total. The van der Waals surface area contributed by atoms with Gasteiger partial charge in [0.25, 0.3) is 0 Å². The number of hydrogen-bond donors (Lipinski definition) is 7. The molecule has 59 heavy (non-hydrogen) atoms. The maximum atomic E-state index is 11.7. The SMILES string of the molecule is CC/C=C\C/C=C\C/C=C\C/C=C\C/C=C\C/C=C\CCCCCCCCCOCC(COC1OC(COC2OC(CO)C(O)C(O)C2O)C(O)C(O)C1O)OC(C)=O. The second-order valence-electron chi connectivity index (χ2n) is 14.9. The van der Waals surface area contributed by atoms with Crippen molar-refractivity contribution in [2.24, 2.45) is 0 Å². The molecule has 0 aromatic carbocycles. The number of carbonyl (C=O) groups is 1. The van der Waals surface area contributed by atoms with Crippen molar-refractivity contribution < 1.29 is 69.0 Å². The molecule has 338 valence electrons. The number of esters is 1. The number of carbonyl (C=O) groups excluding carboxylic acids is 1. The standard InChI is InChI=1S/C45H74O14/c1-3-4-5-6-7-8-9-10-11-12-13-14-15-16-17-18-19-20-21-22-23-24-25-26-27-28-29-54-31-35(57-34(2)47)32-55-44-43(53)41(51)39(49)37(59-44)33-56-45-42(52)40(50)38(48)36(30-46)58-45/h4-5,7-8,10-11,13-14,16-17,19-20,35-46,48-53H,3,6,9,12,15,18,21-33H2,1-2H3/b5-4-,8-7-,11-10-,14-13-,17-16-,20-19-. The Labute approximate surface area is 351 Å². The van der Waals surface area contributed by atoms with E-state index in [-0.39, 0.29) is 13.2 Å². The molecule has 0 aliphatic carbocycles. The molecule has 14 heteroatoms. The Bertz CT molecular complexity index is 1250. The maximum Gasteiger partial charge on any atom is 0.303 e. The van der Waals surface area contributed by atoms with Crippen molar-refractivity contribution >= 4 is 5.97 Å². The van der Waals surface area contributed by atoms with Gasteiger partial charge in [-0.1, -0.05) is 112 Å². The Morgan fingerprint density at radius 3 is 1.54 bits per heavy atom. The van der Waals surface area contributed by atoms with Crippen LogP contribution in [0.2, 0.25) is 0 Å². The molecule has 11 unspecified atom stereocenters. The van der Waals surface area contributed by atoms with Gasteiger partial charge >= 0.3 is 5.97 Å². The molecule has 2 aliphatic rings. The number of rotatable bonds is 31. The summed E-state index contributed by atoms with van der Waals surface area (Å²) in [4.78, 5) is 11.7. The monoisotopic (exact) mass is 839 g/mol. The summed E-state index contributed by atoms with van der Waals surface area (Å²) in [6, 6.07) is 0. The summed E-state index contributed by atoms with van der Waals surface area (Å²) in [6.45, 7) is 2.49. The Morgan fingerprint density at radius 1 is 0.559 bits per heavy atom. The molecule has 2 aliphatic heterocycles. The average molecular weight is 839 g/mol. The highest BCUT2D eigenvalue weighted by atomic mass is 16.7. The third kappa shape index (κ3) is 22.7. The van der Waals surface area contributed by atoms with Crippen molar-refractivity contribution in [2.45, 2.75) is 171 Å². The van der Waals surface area contributed by atoms with Crippen molar-refractivity contribution in [1.82, 2.24) is 0 Å². The first-order valence-electron chi connectivity index (χ1n) is 21.5. The molecule has 0 amide bonds. The van der Waals surface area contributed by atoms with E-state index < -0.39 is 86.7 Å². The number of hydrogen-bond acceptors (Lipinski definition) is 14. The van der Waals surface area contributed by atoms with Gasteiger partial charge in [0.1, 0.15) is 54.9 Å². The normalized spacial score (nSPS) is 28.7. The van der Waals surface area contributed by atoms with Crippen molar-refractivity contribution in [1.29, 1.82) is 0 Å². The third-order valence-electron chi connectivity index (χ3n) is 9.78. The van der Waals surface area contributed by atoms with Crippen LogP contribution in [0.15, 0.2) is 72.9 Å². The van der Waals surface area contributed by atoms with Crippen LogP contribution in [-0.4, -0.2) is 142 Å². The van der Waals surface area contributed by atoms with Crippen LogP contribution in [0.4, 0.5) is 0 Å². The van der Waals surface area contributed by atoms with Crippen LogP contribution in [0, 0.1) is 0 Å². The van der Waals surface area contributed by atoms with Gasteiger partial charge in [-0.2, -0.15) is 0 Å². The highest BCUT2D eigenvalue weighted by molar-refractivity contribution is 5.66. The molecule has 0 saturated carbocycles. The first-order chi connectivity index (χ1) is 28.6. The lowest BCUT2D eigenvalue weighted by molar-refractivity contribution is -0.332. The lowest BCUT2D eigenvalue weighted by Crippen LogP contribution is -2.61. The zero-order valence-electron chi connectivity index (χ0n) is 35.2. The van der Waals surface area contributed by atoms with E-state index in [0.717, 1.165) is 70.6 Å². The highest BCUT2D eigenvalue weighted by Crippen LogP contribution is 2.26. The van der Waals surface area contributed by atoms with E-state index in [0.29, 0.717) is 6.61 Å². The van der Waals surface area contributed by atoms with Crippen LogP contribution in [0.1, 0.15) is 104 Å². The largest absolute Gasteiger partial charge is 0.458 e. The molecule has 0 aromatic rings. The molecular formula is C45H74O14. The Kier molecular flexibility index (Phi) is 29.5. The minimum atomic E-state index is -1.71. The summed E-state index contributed by atoms with van der Waals surface area (Å²) in [5.41, 5.74) is 0. The van der Waals surface area contributed by atoms with Crippen LogP contribution in [0.3, 0.4) is 0 Å². The second kappa shape index (κ2) is 33.1. The Hall–Kier alpha value is -2.57. The number of aliphatic hydroxyl groups excluding tert-OH is 7. The number of aliphatic hydroxyl groups is 7. The summed E-state index contributed by atoms with van der Waals surface area (Å²) >= 11 is 0. The summed E-state index contributed by atoms with van der Waals surface area (Å²) in [6.07, 6.45) is 25.2. The minimum absolute atomic E-state index is 0.0336. The van der Waals surface area contributed by atoms with Crippen LogP contribution in [-0.2, 0) is 33.2 Å². The van der Waals surface area contributed by atoms with E-state index in [2.05, 4.69) is 79.8 Å². The van der Waals surface area contributed by atoms with Gasteiger partial charge in [-0.3, -0.25) is 4.79 Å². The Balaban J connectivity index is 1.53. The summed E-state index contributed by atoms with van der Waals surface area (Å²) in [7, 11) is 0. The van der Waals surface area contributed by atoms with Crippen LogP contribution < -0.4 is 0 Å². The highest BCUT2D eigenvalue weighted by Gasteiger charge is 2.47. The van der Waals surface area contributed by atoms with E-state index in [1.807, 2.05) is 0 Å². The molecule has 0 radical (unpaired) electrons. The summed E-state index contributed by atoms with van der Waals surface area (Å²) < 4.78 is 33.1. The van der Waals surface area contributed by atoms with Gasteiger partial charge in [-0.25, -0.2) is 0 Å². The van der Waals surface area contributed by atoms with Crippen molar-refractivity contribution in [3.8, 4) is 0 Å². The number of ether oxygens (including phenoxy) is 6. The zero-order valence-corrected chi connectivity index (χ0v) is 35.2. The predicted molar refractivity (Wildman–Crippen MR) is 224 cm³/mol. The fourth-order valence-electron chi connectivity index (χ4n) is 6.34. The first-order valence-corrected chi connectivity index (χ1v) is 21.5. The van der Waals surface area contributed by atoms with Gasteiger partial charge in [0.05, 0.1) is 26.4 Å². The smallest absolute Gasteiger partial charge is 0.303 e.